The molecule has 6 heteroatoms. The number of amides is 1. The first-order valence-electron chi connectivity index (χ1n) is 10.8. The van der Waals surface area contributed by atoms with Crippen LogP contribution in [0.1, 0.15) is 18.4 Å². The van der Waals surface area contributed by atoms with E-state index in [9.17, 15) is 4.79 Å². The van der Waals surface area contributed by atoms with E-state index in [1.54, 1.807) is 6.20 Å². The van der Waals surface area contributed by atoms with Crippen LogP contribution in [0.15, 0.2) is 54.7 Å². The summed E-state index contributed by atoms with van der Waals surface area (Å²) in [6.45, 7) is 6.22. The zero-order valence-corrected chi connectivity index (χ0v) is 18.0. The highest BCUT2D eigenvalue weighted by atomic mass is 35.5. The number of carbonyl (C=O) groups is 1. The van der Waals surface area contributed by atoms with Crippen molar-refractivity contribution in [3.8, 4) is 0 Å². The van der Waals surface area contributed by atoms with Crippen molar-refractivity contribution < 1.29 is 4.79 Å². The number of piperidine rings is 1. The average Bonchev–Trinajstić information content (AvgIpc) is 2.80. The summed E-state index contributed by atoms with van der Waals surface area (Å²) in [6.07, 6.45) is 7.85. The highest BCUT2D eigenvalue weighted by molar-refractivity contribution is 6.30. The summed E-state index contributed by atoms with van der Waals surface area (Å²) in [5.74, 6) is 1.42. The molecule has 0 atom stereocenters. The Morgan fingerprint density at radius 1 is 1.00 bits per heavy atom. The summed E-state index contributed by atoms with van der Waals surface area (Å²) in [6, 6.07) is 14.2. The van der Waals surface area contributed by atoms with Crippen LogP contribution in [-0.2, 0) is 4.79 Å². The van der Waals surface area contributed by atoms with E-state index >= 15 is 0 Å². The molecule has 4 rings (SSSR count). The van der Waals surface area contributed by atoms with Gasteiger partial charge in [-0.1, -0.05) is 54.1 Å². The normalized spacial score (nSPS) is 18.8. The lowest BCUT2D eigenvalue weighted by atomic mass is 9.95. The van der Waals surface area contributed by atoms with Gasteiger partial charge in [0.1, 0.15) is 5.82 Å². The maximum atomic E-state index is 13.0. The maximum Gasteiger partial charge on any atom is 0.225 e. The lowest BCUT2D eigenvalue weighted by Gasteiger charge is -2.38. The second-order valence-electron chi connectivity index (χ2n) is 8.03. The van der Waals surface area contributed by atoms with Gasteiger partial charge in [-0.3, -0.25) is 9.69 Å². The van der Waals surface area contributed by atoms with Crippen molar-refractivity contribution in [3.63, 3.8) is 0 Å². The van der Waals surface area contributed by atoms with E-state index < -0.39 is 0 Å². The van der Waals surface area contributed by atoms with Crippen molar-refractivity contribution in [1.29, 1.82) is 0 Å². The molecule has 2 aliphatic heterocycles. The maximum absolute atomic E-state index is 13.0. The van der Waals surface area contributed by atoms with Crippen LogP contribution in [0.25, 0.3) is 6.08 Å². The molecular formula is C24H29ClN4O. The third-order valence-corrected chi connectivity index (χ3v) is 6.26. The summed E-state index contributed by atoms with van der Waals surface area (Å²) < 4.78 is 0. The van der Waals surface area contributed by atoms with Gasteiger partial charge in [-0.05, 0) is 30.5 Å². The lowest BCUT2D eigenvalue weighted by molar-refractivity contribution is -0.137. The number of rotatable bonds is 5. The Bertz CT molecular complexity index is 839. The van der Waals surface area contributed by atoms with Crippen LogP contribution >= 0.6 is 11.6 Å². The monoisotopic (exact) mass is 424 g/mol. The summed E-state index contributed by atoms with van der Waals surface area (Å²) in [7, 11) is 0. The van der Waals surface area contributed by atoms with E-state index in [1.165, 1.54) is 5.56 Å². The Morgan fingerprint density at radius 2 is 1.73 bits per heavy atom. The minimum absolute atomic E-state index is 0.137. The number of aromatic nitrogens is 1. The van der Waals surface area contributed by atoms with Crippen molar-refractivity contribution in [2.75, 3.05) is 50.7 Å². The Labute approximate surface area is 183 Å². The highest BCUT2D eigenvalue weighted by Crippen LogP contribution is 2.24. The van der Waals surface area contributed by atoms with Crippen molar-refractivity contribution in [2.45, 2.75) is 12.8 Å². The minimum Gasteiger partial charge on any atom is -0.357 e. The van der Waals surface area contributed by atoms with Gasteiger partial charge in [0.25, 0.3) is 0 Å². The van der Waals surface area contributed by atoms with Gasteiger partial charge < -0.3 is 9.80 Å². The molecule has 2 saturated heterocycles. The average molecular weight is 425 g/mol. The molecule has 2 aromatic rings. The fourth-order valence-corrected chi connectivity index (χ4v) is 4.33. The van der Waals surface area contributed by atoms with Crippen molar-refractivity contribution in [2.24, 2.45) is 5.92 Å². The molecular weight excluding hydrogens is 396 g/mol. The molecule has 0 N–H and O–H groups in total. The first-order chi connectivity index (χ1) is 14.7. The molecule has 0 saturated carbocycles. The SMILES string of the molecule is O=C(C1CCN(c2ccc(Cl)cn2)CC1)N1CCN(C/C=C/c2ccccc2)CC1. The molecule has 1 aromatic carbocycles. The largest absolute Gasteiger partial charge is 0.357 e. The third-order valence-electron chi connectivity index (χ3n) is 6.04. The third kappa shape index (κ3) is 5.41. The Balaban J connectivity index is 1.20. The zero-order valence-electron chi connectivity index (χ0n) is 17.3. The molecule has 2 fully saturated rings. The zero-order chi connectivity index (χ0) is 20.8. The first kappa shape index (κ1) is 20.9. The number of anilines is 1. The van der Waals surface area contributed by atoms with Crippen molar-refractivity contribution in [1.82, 2.24) is 14.8 Å². The number of halogens is 1. The molecule has 0 bridgehead atoms. The minimum atomic E-state index is 0.137. The van der Waals surface area contributed by atoms with E-state index in [2.05, 4.69) is 56.1 Å². The molecule has 3 heterocycles. The molecule has 1 amide bonds. The number of piperazine rings is 1. The fraction of sp³-hybridized carbons (Fsp3) is 0.417. The second kappa shape index (κ2) is 10.1. The number of hydrogen-bond acceptors (Lipinski definition) is 4. The smallest absolute Gasteiger partial charge is 0.225 e. The van der Waals surface area contributed by atoms with Crippen LogP contribution in [-0.4, -0.2) is 66.5 Å². The molecule has 30 heavy (non-hydrogen) atoms. The topological polar surface area (TPSA) is 39.7 Å². The molecule has 158 valence electrons. The molecule has 0 aliphatic carbocycles. The summed E-state index contributed by atoms with van der Waals surface area (Å²) >= 11 is 5.93. The van der Waals surface area contributed by atoms with E-state index in [-0.39, 0.29) is 5.92 Å². The molecule has 1 aromatic heterocycles. The van der Waals surface area contributed by atoms with E-state index in [1.807, 2.05) is 18.2 Å². The van der Waals surface area contributed by atoms with Gasteiger partial charge in [0.15, 0.2) is 0 Å². The number of carbonyl (C=O) groups excluding carboxylic acids is 1. The van der Waals surface area contributed by atoms with E-state index in [4.69, 9.17) is 11.6 Å². The van der Waals surface area contributed by atoms with Crippen LogP contribution in [0.5, 0.6) is 0 Å². The van der Waals surface area contributed by atoms with Crippen molar-refractivity contribution >= 4 is 29.4 Å². The van der Waals surface area contributed by atoms with Gasteiger partial charge >= 0.3 is 0 Å². The quantitative estimate of drug-likeness (QED) is 0.731. The summed E-state index contributed by atoms with van der Waals surface area (Å²) in [5.41, 5.74) is 1.23. The highest BCUT2D eigenvalue weighted by Gasteiger charge is 2.30. The summed E-state index contributed by atoms with van der Waals surface area (Å²) in [5, 5.41) is 0.651. The molecule has 0 unspecified atom stereocenters. The molecule has 5 nitrogen and oxygen atoms in total. The number of nitrogens with zero attached hydrogens (tertiary/aromatic N) is 4. The molecule has 0 radical (unpaired) electrons. The fourth-order valence-electron chi connectivity index (χ4n) is 4.22. The molecule has 0 spiro atoms. The Morgan fingerprint density at radius 3 is 2.40 bits per heavy atom. The predicted molar refractivity (Wildman–Crippen MR) is 123 cm³/mol. The standard InChI is InChI=1S/C24H29ClN4O/c25-22-8-9-23(26-19-22)28-13-10-21(11-14-28)24(30)29-17-15-27(16-18-29)12-4-7-20-5-2-1-3-6-20/h1-9,19,21H,10-18H2/b7-4+. The van der Waals surface area contributed by atoms with Crippen LogP contribution in [0, 0.1) is 5.92 Å². The summed E-state index contributed by atoms with van der Waals surface area (Å²) in [4.78, 5) is 24.1. The number of hydrogen-bond donors (Lipinski definition) is 0. The van der Waals surface area contributed by atoms with Gasteiger partial charge in [-0.25, -0.2) is 4.98 Å². The van der Waals surface area contributed by atoms with E-state index in [0.29, 0.717) is 10.9 Å². The Kier molecular flexibility index (Phi) is 7.03. The van der Waals surface area contributed by atoms with Crippen LogP contribution in [0.4, 0.5) is 5.82 Å². The number of benzene rings is 1. The lowest BCUT2D eigenvalue weighted by Crippen LogP contribution is -2.51. The van der Waals surface area contributed by atoms with Gasteiger partial charge in [-0.2, -0.15) is 0 Å². The van der Waals surface area contributed by atoms with Crippen LogP contribution < -0.4 is 4.90 Å². The van der Waals surface area contributed by atoms with Gasteiger partial charge in [-0.15, -0.1) is 0 Å². The van der Waals surface area contributed by atoms with Gasteiger partial charge in [0.05, 0.1) is 5.02 Å². The van der Waals surface area contributed by atoms with Gasteiger partial charge in [0, 0.05) is 57.9 Å². The second-order valence-corrected chi connectivity index (χ2v) is 8.47. The van der Waals surface area contributed by atoms with Gasteiger partial charge in [0.2, 0.25) is 5.91 Å². The van der Waals surface area contributed by atoms with E-state index in [0.717, 1.165) is 64.5 Å². The predicted octanol–water partition coefficient (Wildman–Crippen LogP) is 3.81. The Hall–Kier alpha value is -2.37. The molecule has 2 aliphatic rings. The van der Waals surface area contributed by atoms with Crippen molar-refractivity contribution in [3.05, 3.63) is 65.3 Å². The van der Waals surface area contributed by atoms with Crippen LogP contribution in [0.2, 0.25) is 5.02 Å². The number of pyridine rings is 1. The first-order valence-corrected chi connectivity index (χ1v) is 11.2. The van der Waals surface area contributed by atoms with Crippen LogP contribution in [0.3, 0.4) is 0 Å².